The van der Waals surface area contributed by atoms with E-state index >= 15 is 0 Å². The van der Waals surface area contributed by atoms with Crippen molar-refractivity contribution in [1.82, 2.24) is 9.80 Å². The van der Waals surface area contributed by atoms with Crippen molar-refractivity contribution in [2.45, 2.75) is 52.0 Å². The molecule has 0 spiro atoms. The third-order valence-electron chi connectivity index (χ3n) is 5.10. The summed E-state index contributed by atoms with van der Waals surface area (Å²) in [4.78, 5) is 21.2. The lowest BCUT2D eigenvalue weighted by molar-refractivity contribution is 0.105. The number of carbonyl (C=O) groups excluding carboxylic acids is 1. The number of nitrogens with zero attached hydrogens (tertiary/aromatic N) is 3. The molecule has 1 atom stereocenters. The number of rotatable bonds is 4. The molecule has 2 rings (SSSR count). The highest BCUT2D eigenvalue weighted by Crippen LogP contribution is 2.25. The van der Waals surface area contributed by atoms with Crippen LogP contribution in [0.25, 0.3) is 0 Å². The Morgan fingerprint density at radius 3 is 2.52 bits per heavy atom. The number of carbonyl (C=O) groups is 1. The predicted octanol–water partition coefficient (Wildman–Crippen LogP) is 2.73. The fraction of sp³-hybridized carbons (Fsp3) is 0.882. The first-order chi connectivity index (χ1) is 11.2. The van der Waals surface area contributed by atoms with Gasteiger partial charge in [0.15, 0.2) is 0 Å². The maximum Gasteiger partial charge on any atom is 0.409 e. The Labute approximate surface area is 139 Å². The van der Waals surface area contributed by atoms with Gasteiger partial charge < -0.3 is 19.4 Å². The minimum atomic E-state index is -0.154. The minimum Gasteiger partial charge on any atom is -0.450 e. The molecule has 0 saturated carbocycles. The molecule has 0 aromatic rings. The molecule has 1 unspecified atom stereocenters. The Morgan fingerprint density at radius 2 is 1.87 bits per heavy atom. The highest BCUT2D eigenvalue weighted by atomic mass is 16.6. The Bertz CT molecular complexity index is 406. The van der Waals surface area contributed by atoms with Crippen LogP contribution in [0.15, 0.2) is 5.16 Å². The van der Waals surface area contributed by atoms with Gasteiger partial charge in [-0.15, -0.1) is 0 Å². The SMILES string of the molecule is CCOC(=O)N1CCCC(N2CCC(C(C)=NOC)CC2)CC1. The summed E-state index contributed by atoms with van der Waals surface area (Å²) in [5.41, 5.74) is 1.11. The number of likely N-dealkylation sites (tertiary alicyclic amines) is 2. The quantitative estimate of drug-likeness (QED) is 0.589. The summed E-state index contributed by atoms with van der Waals surface area (Å²) in [6.07, 6.45) is 5.43. The van der Waals surface area contributed by atoms with Gasteiger partial charge in [0, 0.05) is 25.0 Å². The smallest absolute Gasteiger partial charge is 0.409 e. The third-order valence-corrected chi connectivity index (χ3v) is 5.10. The summed E-state index contributed by atoms with van der Waals surface area (Å²) in [6, 6.07) is 0.593. The molecule has 132 valence electrons. The van der Waals surface area contributed by atoms with Crippen molar-refractivity contribution in [3.63, 3.8) is 0 Å². The van der Waals surface area contributed by atoms with Crippen LogP contribution in [0.3, 0.4) is 0 Å². The van der Waals surface area contributed by atoms with E-state index in [9.17, 15) is 4.79 Å². The average molecular weight is 325 g/mol. The Balaban J connectivity index is 1.80. The van der Waals surface area contributed by atoms with Gasteiger partial charge in [-0.1, -0.05) is 5.16 Å². The lowest BCUT2D eigenvalue weighted by atomic mass is 9.91. The van der Waals surface area contributed by atoms with Crippen LogP contribution >= 0.6 is 0 Å². The highest BCUT2D eigenvalue weighted by Gasteiger charge is 2.29. The van der Waals surface area contributed by atoms with E-state index in [2.05, 4.69) is 17.0 Å². The van der Waals surface area contributed by atoms with Crippen molar-refractivity contribution in [3.05, 3.63) is 0 Å². The molecule has 2 saturated heterocycles. The van der Waals surface area contributed by atoms with E-state index in [-0.39, 0.29) is 6.09 Å². The van der Waals surface area contributed by atoms with Crippen molar-refractivity contribution in [2.24, 2.45) is 11.1 Å². The number of oxime groups is 1. The molecule has 0 aromatic heterocycles. The number of hydrogen-bond donors (Lipinski definition) is 0. The molecule has 2 aliphatic rings. The molecule has 2 fully saturated rings. The molecular formula is C17H31N3O3. The summed E-state index contributed by atoms with van der Waals surface area (Å²) in [5, 5.41) is 4.09. The van der Waals surface area contributed by atoms with E-state index < -0.39 is 0 Å². The topological polar surface area (TPSA) is 54.4 Å². The van der Waals surface area contributed by atoms with Gasteiger partial charge in [0.05, 0.1) is 12.3 Å². The molecule has 0 N–H and O–H groups in total. The summed E-state index contributed by atoms with van der Waals surface area (Å²) in [6.45, 7) is 8.24. The van der Waals surface area contributed by atoms with E-state index in [4.69, 9.17) is 9.57 Å². The van der Waals surface area contributed by atoms with E-state index in [0.717, 1.165) is 57.6 Å². The van der Waals surface area contributed by atoms with Crippen molar-refractivity contribution in [3.8, 4) is 0 Å². The Hall–Kier alpha value is -1.30. The van der Waals surface area contributed by atoms with Gasteiger partial charge in [-0.25, -0.2) is 4.79 Å². The van der Waals surface area contributed by atoms with Crippen molar-refractivity contribution in [1.29, 1.82) is 0 Å². The lowest BCUT2D eigenvalue weighted by Gasteiger charge is -2.37. The third kappa shape index (κ3) is 5.09. The van der Waals surface area contributed by atoms with Crippen LogP contribution in [-0.4, -0.2) is 67.5 Å². The van der Waals surface area contributed by atoms with Crippen LogP contribution in [0, 0.1) is 5.92 Å². The summed E-state index contributed by atoms with van der Waals surface area (Å²) < 4.78 is 5.13. The first-order valence-corrected chi connectivity index (χ1v) is 8.89. The van der Waals surface area contributed by atoms with Crippen molar-refractivity contribution >= 4 is 11.8 Å². The normalized spacial score (nSPS) is 25.1. The molecule has 0 radical (unpaired) electrons. The largest absolute Gasteiger partial charge is 0.450 e. The van der Waals surface area contributed by atoms with Gasteiger partial charge in [-0.05, 0) is 59.0 Å². The standard InChI is InChI=1S/C17H31N3O3/c1-4-23-17(21)20-10-5-6-16(9-13-20)19-11-7-15(8-12-19)14(2)18-22-3/h15-16H,4-13H2,1-3H3. The van der Waals surface area contributed by atoms with Crippen LogP contribution in [0.1, 0.15) is 46.0 Å². The second-order valence-corrected chi connectivity index (χ2v) is 6.50. The molecule has 0 aromatic carbocycles. The van der Waals surface area contributed by atoms with Crippen LogP contribution in [0.5, 0.6) is 0 Å². The van der Waals surface area contributed by atoms with Crippen LogP contribution in [0.2, 0.25) is 0 Å². The predicted molar refractivity (Wildman–Crippen MR) is 90.6 cm³/mol. The van der Waals surface area contributed by atoms with Crippen LogP contribution in [-0.2, 0) is 9.57 Å². The fourth-order valence-corrected chi connectivity index (χ4v) is 3.74. The summed E-state index contributed by atoms with van der Waals surface area (Å²) in [7, 11) is 1.61. The number of amides is 1. The first kappa shape index (κ1) is 18.0. The van der Waals surface area contributed by atoms with Gasteiger partial charge in [0.1, 0.15) is 7.11 Å². The molecule has 0 bridgehead atoms. The number of piperidine rings is 1. The Morgan fingerprint density at radius 1 is 1.13 bits per heavy atom. The van der Waals surface area contributed by atoms with Gasteiger partial charge in [-0.3, -0.25) is 0 Å². The van der Waals surface area contributed by atoms with Gasteiger partial charge in [0.2, 0.25) is 0 Å². The maximum absolute atomic E-state index is 11.9. The second kappa shape index (κ2) is 9.11. The fourth-order valence-electron chi connectivity index (χ4n) is 3.74. The molecule has 2 heterocycles. The summed E-state index contributed by atoms with van der Waals surface area (Å²) >= 11 is 0. The first-order valence-electron chi connectivity index (χ1n) is 8.89. The molecule has 23 heavy (non-hydrogen) atoms. The van der Waals surface area contributed by atoms with E-state index in [1.54, 1.807) is 7.11 Å². The Kier molecular flexibility index (Phi) is 7.15. The lowest BCUT2D eigenvalue weighted by Crippen LogP contribution is -2.43. The zero-order valence-electron chi connectivity index (χ0n) is 14.8. The van der Waals surface area contributed by atoms with Gasteiger partial charge >= 0.3 is 6.09 Å². The average Bonchev–Trinajstić information content (AvgIpc) is 2.81. The van der Waals surface area contributed by atoms with E-state index in [1.165, 1.54) is 6.42 Å². The maximum atomic E-state index is 11.9. The molecule has 0 aliphatic carbocycles. The monoisotopic (exact) mass is 325 g/mol. The van der Waals surface area contributed by atoms with E-state index in [1.807, 2.05) is 11.8 Å². The zero-order chi connectivity index (χ0) is 16.7. The van der Waals surface area contributed by atoms with E-state index in [0.29, 0.717) is 18.6 Å². The van der Waals surface area contributed by atoms with Crippen molar-refractivity contribution in [2.75, 3.05) is 39.9 Å². The number of hydrogen-bond acceptors (Lipinski definition) is 5. The number of ether oxygens (including phenoxy) is 1. The molecule has 1 amide bonds. The van der Waals surface area contributed by atoms with Gasteiger partial charge in [-0.2, -0.15) is 0 Å². The van der Waals surface area contributed by atoms with Gasteiger partial charge in [0.25, 0.3) is 0 Å². The van der Waals surface area contributed by atoms with Crippen LogP contribution < -0.4 is 0 Å². The minimum absolute atomic E-state index is 0.154. The molecule has 6 nitrogen and oxygen atoms in total. The van der Waals surface area contributed by atoms with Crippen molar-refractivity contribution < 1.29 is 14.4 Å². The molecular weight excluding hydrogens is 294 g/mol. The molecule has 6 heteroatoms. The summed E-state index contributed by atoms with van der Waals surface area (Å²) in [5.74, 6) is 0.549. The second-order valence-electron chi connectivity index (χ2n) is 6.50. The molecule has 2 aliphatic heterocycles. The highest BCUT2D eigenvalue weighted by molar-refractivity contribution is 5.83. The van der Waals surface area contributed by atoms with Crippen LogP contribution in [0.4, 0.5) is 4.79 Å². The zero-order valence-corrected chi connectivity index (χ0v) is 14.8.